The number of nitrogens with one attached hydrogen (secondary N) is 2. The van der Waals surface area contributed by atoms with E-state index in [9.17, 15) is 14.7 Å². The van der Waals surface area contributed by atoms with E-state index in [2.05, 4.69) is 10.6 Å². The molecular formula is C10H15N2O3S. The molecule has 2 rings (SSSR count). The third kappa shape index (κ3) is 2.61. The Morgan fingerprint density at radius 3 is 2.94 bits per heavy atom. The van der Waals surface area contributed by atoms with Crippen LogP contribution in [0.2, 0.25) is 0 Å². The average molecular weight is 243 g/mol. The molecule has 0 aliphatic carbocycles. The Bertz CT molecular complexity index is 298. The molecule has 2 aliphatic heterocycles. The highest BCUT2D eigenvalue weighted by Crippen LogP contribution is 2.33. The second-order valence-corrected chi connectivity index (χ2v) is 5.51. The summed E-state index contributed by atoms with van der Waals surface area (Å²) in [5, 5.41) is 16.5. The van der Waals surface area contributed by atoms with Crippen LogP contribution in [0.3, 0.4) is 0 Å². The minimum Gasteiger partial charge on any atom is -0.332 e. The Labute approximate surface area is 98.4 Å². The Morgan fingerprint density at radius 1 is 1.38 bits per heavy atom. The fourth-order valence-electron chi connectivity index (χ4n) is 2.26. The molecule has 6 heteroatoms. The van der Waals surface area contributed by atoms with Crippen molar-refractivity contribution in [1.82, 2.24) is 10.6 Å². The van der Waals surface area contributed by atoms with E-state index in [1.54, 1.807) is 0 Å². The molecule has 1 radical (unpaired) electrons. The number of unbranched alkanes of at least 4 members (excludes halogenated alkanes) is 1. The van der Waals surface area contributed by atoms with Crippen molar-refractivity contribution >= 4 is 23.8 Å². The lowest BCUT2D eigenvalue weighted by atomic mass is 10.0. The number of thioether (sulfide) groups is 1. The van der Waals surface area contributed by atoms with Gasteiger partial charge in [0.1, 0.15) is 0 Å². The molecule has 0 aromatic carbocycles. The lowest BCUT2D eigenvalue weighted by Crippen LogP contribution is -2.36. The second kappa shape index (κ2) is 4.95. The molecule has 2 saturated heterocycles. The van der Waals surface area contributed by atoms with E-state index in [1.807, 2.05) is 11.8 Å². The average Bonchev–Trinajstić information content (AvgIpc) is 2.72. The standard InChI is InChI=1S/C10H15N2O3S/c13-8(14)4-2-1-3-7-9-6(5-16-7)11-10(15)12-9/h6-7,9H,1-5H2,(H2,11,12,15)/t6-,7-,9-/m0/s1. The van der Waals surface area contributed by atoms with Crippen molar-refractivity contribution in [3.63, 3.8) is 0 Å². The van der Waals surface area contributed by atoms with Crippen molar-refractivity contribution < 1.29 is 14.7 Å². The topological polar surface area (TPSA) is 78.1 Å². The molecule has 0 aromatic rings. The normalized spacial score (nSPS) is 32.0. The van der Waals surface area contributed by atoms with Gasteiger partial charge in [0, 0.05) is 11.0 Å². The quantitative estimate of drug-likeness (QED) is 0.550. The van der Waals surface area contributed by atoms with E-state index in [0.29, 0.717) is 11.7 Å². The smallest absolute Gasteiger partial charge is 0.332 e. The Morgan fingerprint density at radius 2 is 2.19 bits per heavy atom. The van der Waals surface area contributed by atoms with Gasteiger partial charge in [0.2, 0.25) is 0 Å². The van der Waals surface area contributed by atoms with Crippen molar-refractivity contribution in [2.45, 2.75) is 43.0 Å². The van der Waals surface area contributed by atoms with Crippen LogP contribution in [0, 0.1) is 0 Å². The van der Waals surface area contributed by atoms with E-state index in [1.165, 1.54) is 0 Å². The summed E-state index contributed by atoms with van der Waals surface area (Å²) in [6.07, 6.45) is 2.64. The summed E-state index contributed by atoms with van der Waals surface area (Å²) in [5.74, 6) is -0.0260. The van der Waals surface area contributed by atoms with E-state index in [0.717, 1.165) is 18.6 Å². The first-order chi connectivity index (χ1) is 7.66. The van der Waals surface area contributed by atoms with Crippen LogP contribution in [-0.2, 0) is 9.90 Å². The fourth-order valence-corrected chi connectivity index (χ4v) is 3.80. The molecular weight excluding hydrogens is 228 g/mol. The monoisotopic (exact) mass is 243 g/mol. The second-order valence-electron chi connectivity index (χ2n) is 4.24. The lowest BCUT2D eigenvalue weighted by Gasteiger charge is -2.16. The summed E-state index contributed by atoms with van der Waals surface area (Å²) in [4.78, 5) is 21.3. The minimum atomic E-state index is -0.979. The zero-order valence-corrected chi connectivity index (χ0v) is 9.72. The lowest BCUT2D eigenvalue weighted by molar-refractivity contribution is -0.143. The predicted octanol–water partition coefficient (Wildman–Crippen LogP) is 0.669. The molecule has 0 bridgehead atoms. The molecule has 2 amide bonds. The molecule has 2 N–H and O–H groups in total. The van der Waals surface area contributed by atoms with Gasteiger partial charge in [-0.15, -0.1) is 0 Å². The van der Waals surface area contributed by atoms with Gasteiger partial charge in [-0.2, -0.15) is 11.8 Å². The molecule has 5 nitrogen and oxygen atoms in total. The largest absolute Gasteiger partial charge is 0.355 e. The van der Waals surface area contributed by atoms with Gasteiger partial charge in [-0.25, -0.2) is 14.7 Å². The van der Waals surface area contributed by atoms with E-state index >= 15 is 0 Å². The van der Waals surface area contributed by atoms with Crippen LogP contribution >= 0.6 is 11.8 Å². The Hall–Kier alpha value is -0.910. The van der Waals surface area contributed by atoms with Crippen molar-refractivity contribution in [3.8, 4) is 0 Å². The summed E-state index contributed by atoms with van der Waals surface area (Å²) in [7, 11) is 0. The first kappa shape index (κ1) is 11.6. The molecule has 89 valence electrons. The van der Waals surface area contributed by atoms with Gasteiger partial charge in [0.25, 0.3) is 0 Å². The number of fused-ring (bicyclic) bond motifs is 1. The van der Waals surface area contributed by atoms with Crippen LogP contribution < -0.4 is 10.6 Å². The highest BCUT2D eigenvalue weighted by Gasteiger charge is 2.42. The highest BCUT2D eigenvalue weighted by atomic mass is 32.2. The predicted molar refractivity (Wildman–Crippen MR) is 59.7 cm³/mol. The number of amides is 2. The van der Waals surface area contributed by atoms with Gasteiger partial charge in [0.05, 0.1) is 18.5 Å². The van der Waals surface area contributed by atoms with E-state index < -0.39 is 5.97 Å². The molecule has 2 fully saturated rings. The third-order valence-electron chi connectivity index (χ3n) is 3.06. The van der Waals surface area contributed by atoms with Crippen LogP contribution in [-0.4, -0.2) is 35.1 Å². The maximum Gasteiger partial charge on any atom is 0.355 e. The number of rotatable bonds is 5. The van der Waals surface area contributed by atoms with Crippen LogP contribution in [0.5, 0.6) is 0 Å². The zero-order valence-electron chi connectivity index (χ0n) is 8.90. The van der Waals surface area contributed by atoms with Gasteiger partial charge < -0.3 is 10.6 Å². The molecule has 0 unspecified atom stereocenters. The maximum atomic E-state index is 11.1. The summed E-state index contributed by atoms with van der Waals surface area (Å²) in [5.41, 5.74) is 0. The maximum absolute atomic E-state index is 11.1. The minimum absolute atomic E-state index is 0.0740. The van der Waals surface area contributed by atoms with Gasteiger partial charge >= 0.3 is 12.0 Å². The third-order valence-corrected chi connectivity index (χ3v) is 4.57. The summed E-state index contributed by atoms with van der Waals surface area (Å²) < 4.78 is 0. The van der Waals surface area contributed by atoms with Crippen molar-refractivity contribution in [2.75, 3.05) is 5.75 Å². The first-order valence-electron chi connectivity index (χ1n) is 5.55. The molecule has 16 heavy (non-hydrogen) atoms. The molecule has 2 heterocycles. The number of carbonyl (C=O) groups is 2. The molecule has 0 saturated carbocycles. The number of hydrogen-bond donors (Lipinski definition) is 2. The molecule has 3 atom stereocenters. The van der Waals surface area contributed by atoms with Gasteiger partial charge in [-0.3, -0.25) is 0 Å². The number of urea groups is 1. The summed E-state index contributed by atoms with van der Waals surface area (Å²) in [6.45, 7) is 0. The van der Waals surface area contributed by atoms with Crippen molar-refractivity contribution in [2.24, 2.45) is 0 Å². The van der Waals surface area contributed by atoms with Crippen LogP contribution in [0.4, 0.5) is 4.79 Å². The Balaban J connectivity index is 1.70. The van der Waals surface area contributed by atoms with Crippen LogP contribution in [0.1, 0.15) is 25.7 Å². The van der Waals surface area contributed by atoms with Crippen LogP contribution in [0.15, 0.2) is 0 Å². The summed E-state index contributed by atoms with van der Waals surface area (Å²) >= 11 is 1.85. The first-order valence-corrected chi connectivity index (χ1v) is 6.60. The molecule has 0 aromatic heterocycles. The van der Waals surface area contributed by atoms with E-state index in [4.69, 9.17) is 0 Å². The number of carbonyl (C=O) groups excluding carboxylic acids is 2. The van der Waals surface area contributed by atoms with Gasteiger partial charge in [0.15, 0.2) is 0 Å². The van der Waals surface area contributed by atoms with Crippen LogP contribution in [0.25, 0.3) is 0 Å². The fraction of sp³-hybridized carbons (Fsp3) is 0.800. The molecule has 0 spiro atoms. The Kier molecular flexibility index (Phi) is 3.58. The summed E-state index contributed by atoms with van der Waals surface area (Å²) in [6, 6.07) is 0.402. The SMILES string of the molecule is [O]C(=O)CCCC[C@@H]1SC[C@@H]2NC(=O)N[C@@H]21. The highest BCUT2D eigenvalue weighted by molar-refractivity contribution is 8.00. The van der Waals surface area contributed by atoms with Gasteiger partial charge in [-0.1, -0.05) is 6.42 Å². The molecule has 2 aliphatic rings. The van der Waals surface area contributed by atoms with E-state index in [-0.39, 0.29) is 24.5 Å². The van der Waals surface area contributed by atoms with Crippen molar-refractivity contribution in [1.29, 1.82) is 0 Å². The van der Waals surface area contributed by atoms with Crippen molar-refractivity contribution in [3.05, 3.63) is 0 Å². The number of hydrogen-bond acceptors (Lipinski definition) is 3. The zero-order chi connectivity index (χ0) is 11.5. The van der Waals surface area contributed by atoms with Gasteiger partial charge in [-0.05, 0) is 12.8 Å².